The molecular formula is C31H45NO2SSn. The second-order valence-corrected chi connectivity index (χ2v) is 24.8. The molecule has 0 saturated carbocycles. The molecule has 0 aliphatic rings. The van der Waals surface area contributed by atoms with Crippen LogP contribution in [0, 0.1) is 6.92 Å². The number of rotatable bonds is 13. The van der Waals surface area contributed by atoms with Gasteiger partial charge in [-0.2, -0.15) is 0 Å². The van der Waals surface area contributed by atoms with E-state index in [0.717, 1.165) is 16.5 Å². The molecule has 0 aliphatic carbocycles. The summed E-state index contributed by atoms with van der Waals surface area (Å²) in [5.74, 6) is 0. The van der Waals surface area contributed by atoms with Crippen molar-refractivity contribution in [3.05, 3.63) is 83.1 Å². The van der Waals surface area contributed by atoms with Gasteiger partial charge in [-0.05, 0) is 36.2 Å². The Kier molecular flexibility index (Phi) is 12.5. The van der Waals surface area contributed by atoms with E-state index in [1.165, 1.54) is 42.5 Å². The number of hydrogen-bond donors (Lipinski definition) is 0. The van der Waals surface area contributed by atoms with Gasteiger partial charge in [0, 0.05) is 11.6 Å². The molecule has 3 nitrogen and oxygen atoms in total. The van der Waals surface area contributed by atoms with Gasteiger partial charge in [0.1, 0.15) is 0 Å². The molecule has 2 aromatic carbocycles. The van der Waals surface area contributed by atoms with Gasteiger partial charge in [-0.1, -0.05) is 43.0 Å². The van der Waals surface area contributed by atoms with Crippen molar-refractivity contribution in [3.8, 4) is 0 Å². The summed E-state index contributed by atoms with van der Waals surface area (Å²) in [6.45, 7) is 16.8. The fraction of sp³-hybridized carbons (Fsp3) is 0.419. The Morgan fingerprint density at radius 1 is 0.833 bits per heavy atom. The number of hydrogen-bond acceptors (Lipinski definition) is 2. The van der Waals surface area contributed by atoms with Crippen LogP contribution in [-0.4, -0.2) is 30.8 Å². The van der Waals surface area contributed by atoms with Crippen LogP contribution < -0.4 is 0 Å². The number of benzene rings is 2. The number of aromatic nitrogens is 1. The van der Waals surface area contributed by atoms with Crippen LogP contribution >= 0.6 is 0 Å². The van der Waals surface area contributed by atoms with E-state index in [9.17, 15) is 8.42 Å². The van der Waals surface area contributed by atoms with Gasteiger partial charge in [0.15, 0.2) is 0 Å². The van der Waals surface area contributed by atoms with E-state index >= 15 is 0 Å². The maximum absolute atomic E-state index is 12.8. The van der Waals surface area contributed by atoms with Crippen LogP contribution in [0.4, 0.5) is 0 Å². The van der Waals surface area contributed by atoms with Gasteiger partial charge < -0.3 is 0 Å². The van der Waals surface area contributed by atoms with E-state index in [2.05, 4.69) is 38.0 Å². The molecule has 0 atom stereocenters. The predicted molar refractivity (Wildman–Crippen MR) is 161 cm³/mol. The molecule has 0 saturated heterocycles. The molecule has 0 fully saturated rings. The standard InChI is InChI=1S/C17H15NO2S.3C4H9.C2H3.Sn/c1-3-14-8-7-11-16-17(14)13(2)12-18(16)21(19,20)15-9-5-4-6-10-15;3*1-3-4-2;1-2;/h3-12H,1H2,2H3;3*1,3-4H2,2H3;1H,2H2;. The second-order valence-electron chi connectivity index (χ2n) is 9.75. The predicted octanol–water partition coefficient (Wildman–Crippen LogP) is 9.39. The van der Waals surface area contributed by atoms with E-state index < -0.39 is 28.4 Å². The van der Waals surface area contributed by atoms with Gasteiger partial charge in [-0.15, -0.1) is 0 Å². The Balaban J connectivity index is 0.000000271. The van der Waals surface area contributed by atoms with Crippen molar-refractivity contribution < 1.29 is 8.42 Å². The number of fused-ring (bicyclic) bond motifs is 1. The quantitative estimate of drug-likeness (QED) is 0.180. The summed E-state index contributed by atoms with van der Waals surface area (Å²) >= 11 is -1.85. The third-order valence-electron chi connectivity index (χ3n) is 7.05. The van der Waals surface area contributed by atoms with Crippen LogP contribution in [-0.2, 0) is 10.0 Å². The van der Waals surface area contributed by atoms with Crippen LogP contribution in [0.1, 0.15) is 70.4 Å². The first-order chi connectivity index (χ1) is 17.3. The zero-order valence-electron chi connectivity index (χ0n) is 22.8. The Labute approximate surface area is 224 Å². The molecule has 3 rings (SSSR count). The third kappa shape index (κ3) is 7.61. The molecule has 0 bridgehead atoms. The summed E-state index contributed by atoms with van der Waals surface area (Å²) < 4.78 is 34.1. The topological polar surface area (TPSA) is 39.1 Å². The van der Waals surface area contributed by atoms with Gasteiger partial charge in [-0.25, -0.2) is 12.4 Å². The first-order valence-corrected chi connectivity index (χ1v) is 22.6. The van der Waals surface area contributed by atoms with Gasteiger partial charge in [0.2, 0.25) is 0 Å². The molecule has 0 radical (unpaired) electrons. The fourth-order valence-corrected chi connectivity index (χ4v) is 19.2. The normalized spacial score (nSPS) is 11.7. The van der Waals surface area contributed by atoms with Gasteiger partial charge >= 0.3 is 102 Å². The third-order valence-corrected chi connectivity index (χ3v) is 22.8. The van der Waals surface area contributed by atoms with E-state index in [1.807, 2.05) is 25.1 Å². The van der Waals surface area contributed by atoms with Crippen LogP contribution in [0.15, 0.2) is 76.9 Å². The SMILES string of the molecule is C=Cc1cccc2c1c(C)cn2S(=O)(=O)c1ccccc1.C=[CH][Sn]([CH2]CCC)([CH2]CCC)[CH2]CCC. The van der Waals surface area contributed by atoms with Crippen LogP contribution in [0.25, 0.3) is 17.0 Å². The van der Waals surface area contributed by atoms with Crippen molar-refractivity contribution in [2.75, 3.05) is 0 Å². The first kappa shape index (κ1) is 30.4. The molecule has 0 spiro atoms. The summed E-state index contributed by atoms with van der Waals surface area (Å²) in [5, 5.41) is 0.923. The summed E-state index contributed by atoms with van der Waals surface area (Å²) in [5.41, 5.74) is 2.53. The summed E-state index contributed by atoms with van der Waals surface area (Å²) in [4.78, 5) is 0.283. The van der Waals surface area contributed by atoms with E-state index in [-0.39, 0.29) is 4.90 Å². The number of unbranched alkanes of at least 4 members (excludes halogenated alkanes) is 3. The van der Waals surface area contributed by atoms with Gasteiger partial charge in [-0.3, -0.25) is 0 Å². The fourth-order valence-electron chi connectivity index (χ4n) is 4.82. The summed E-state index contributed by atoms with van der Waals surface area (Å²) in [7, 11) is -3.59. The van der Waals surface area contributed by atoms with Crippen molar-refractivity contribution >= 4 is 45.4 Å². The zero-order chi connectivity index (χ0) is 26.6. The van der Waals surface area contributed by atoms with Gasteiger partial charge in [0.25, 0.3) is 10.0 Å². The Bertz CT molecular complexity index is 1190. The minimum atomic E-state index is -3.59. The molecule has 5 heteroatoms. The van der Waals surface area contributed by atoms with Crippen molar-refractivity contribution in [3.63, 3.8) is 0 Å². The Hall–Kier alpha value is -1.79. The average Bonchev–Trinajstić information content (AvgIpc) is 3.27. The molecule has 3 aromatic rings. The number of aryl methyl sites for hydroxylation is 1. The van der Waals surface area contributed by atoms with Crippen LogP contribution in [0.3, 0.4) is 0 Å². The maximum atomic E-state index is 12.8. The van der Waals surface area contributed by atoms with Crippen molar-refractivity contribution in [2.24, 2.45) is 0 Å². The van der Waals surface area contributed by atoms with Crippen molar-refractivity contribution in [2.45, 2.75) is 84.4 Å². The molecule has 1 aromatic heterocycles. The molecular weight excluding hydrogens is 569 g/mol. The minimum absolute atomic E-state index is 0.283. The Morgan fingerprint density at radius 3 is 1.86 bits per heavy atom. The molecule has 1 heterocycles. The summed E-state index contributed by atoms with van der Waals surface area (Å²) in [6, 6.07) is 14.0. The van der Waals surface area contributed by atoms with Crippen molar-refractivity contribution in [1.82, 2.24) is 3.97 Å². The zero-order valence-corrected chi connectivity index (χ0v) is 26.5. The van der Waals surface area contributed by atoms with Gasteiger partial charge in [0.05, 0.1) is 10.4 Å². The molecule has 0 aliphatic heterocycles. The molecule has 0 unspecified atom stereocenters. The summed E-state index contributed by atoms with van der Waals surface area (Å²) in [6.07, 6.45) is 11.9. The monoisotopic (exact) mass is 615 g/mol. The van der Waals surface area contributed by atoms with Crippen LogP contribution in [0.5, 0.6) is 0 Å². The number of nitrogens with zero attached hydrogens (tertiary/aromatic N) is 1. The van der Waals surface area contributed by atoms with E-state index in [0.29, 0.717) is 5.52 Å². The molecule has 0 amide bonds. The molecule has 36 heavy (non-hydrogen) atoms. The second kappa shape index (κ2) is 14.8. The Morgan fingerprint density at radius 2 is 1.39 bits per heavy atom. The van der Waals surface area contributed by atoms with E-state index in [4.69, 9.17) is 0 Å². The molecule has 196 valence electrons. The first-order valence-electron chi connectivity index (χ1n) is 13.5. The van der Waals surface area contributed by atoms with E-state index in [1.54, 1.807) is 55.9 Å². The molecule has 0 N–H and O–H groups in total. The van der Waals surface area contributed by atoms with Crippen LogP contribution in [0.2, 0.25) is 13.3 Å². The average molecular weight is 614 g/mol. The van der Waals surface area contributed by atoms with Crippen molar-refractivity contribution in [1.29, 1.82) is 0 Å².